The van der Waals surface area contributed by atoms with Gasteiger partial charge in [0.1, 0.15) is 18.5 Å². The monoisotopic (exact) mass is 398 g/mol. The van der Waals surface area contributed by atoms with Crippen LogP contribution < -0.4 is 5.32 Å². The summed E-state index contributed by atoms with van der Waals surface area (Å²) >= 11 is 0. The molecule has 1 amide bonds. The molecular formula is C21H38N2O5. The molecule has 1 saturated carbocycles. The summed E-state index contributed by atoms with van der Waals surface area (Å²) in [6.07, 6.45) is 9.19. The van der Waals surface area contributed by atoms with Gasteiger partial charge >= 0.3 is 12.1 Å². The van der Waals surface area contributed by atoms with Crippen molar-refractivity contribution < 1.29 is 23.9 Å². The molecule has 1 heterocycles. The van der Waals surface area contributed by atoms with Crippen LogP contribution in [0.25, 0.3) is 0 Å². The third kappa shape index (κ3) is 7.95. The SMILES string of the molecule is CCOC(=O)N1CNC([C@H](CCCC2CCCCC2)CC(=O)OC(C)(C)C)O1. The number of nitrogens with one attached hydrogen (secondary N) is 1. The number of amides is 1. The maximum Gasteiger partial charge on any atom is 0.435 e. The summed E-state index contributed by atoms with van der Waals surface area (Å²) in [6.45, 7) is 7.93. The van der Waals surface area contributed by atoms with Crippen LogP contribution >= 0.6 is 0 Å². The lowest BCUT2D eigenvalue weighted by molar-refractivity contribution is -0.164. The fourth-order valence-electron chi connectivity index (χ4n) is 4.04. The average molecular weight is 399 g/mol. The first-order valence-electron chi connectivity index (χ1n) is 10.8. The van der Waals surface area contributed by atoms with E-state index in [1.165, 1.54) is 43.6 Å². The van der Waals surface area contributed by atoms with Crippen LogP contribution in [0, 0.1) is 11.8 Å². The molecule has 7 nitrogen and oxygen atoms in total. The molecule has 2 rings (SSSR count). The van der Waals surface area contributed by atoms with Gasteiger partial charge in [-0.05, 0) is 40.0 Å². The largest absolute Gasteiger partial charge is 0.460 e. The molecule has 162 valence electrons. The second-order valence-electron chi connectivity index (χ2n) is 8.95. The Kier molecular flexibility index (Phi) is 9.02. The number of hydrogen-bond donors (Lipinski definition) is 1. The second kappa shape index (κ2) is 11.0. The van der Waals surface area contributed by atoms with Gasteiger partial charge in [-0.15, -0.1) is 0 Å². The zero-order valence-corrected chi connectivity index (χ0v) is 18.0. The van der Waals surface area contributed by atoms with Crippen LogP contribution in [0.15, 0.2) is 0 Å². The van der Waals surface area contributed by atoms with Gasteiger partial charge in [-0.1, -0.05) is 44.9 Å². The van der Waals surface area contributed by atoms with Crippen molar-refractivity contribution in [2.24, 2.45) is 11.8 Å². The highest BCUT2D eigenvalue weighted by Crippen LogP contribution is 2.30. The molecule has 1 unspecified atom stereocenters. The molecule has 2 fully saturated rings. The molecule has 0 radical (unpaired) electrons. The number of carbonyl (C=O) groups is 2. The molecule has 1 saturated heterocycles. The molecule has 1 aliphatic carbocycles. The number of rotatable bonds is 8. The maximum absolute atomic E-state index is 12.4. The Morgan fingerprint density at radius 2 is 1.93 bits per heavy atom. The van der Waals surface area contributed by atoms with E-state index in [-0.39, 0.29) is 31.2 Å². The van der Waals surface area contributed by atoms with Gasteiger partial charge in [0.15, 0.2) is 0 Å². The van der Waals surface area contributed by atoms with Gasteiger partial charge in [0.2, 0.25) is 0 Å². The molecule has 2 atom stereocenters. The minimum Gasteiger partial charge on any atom is -0.460 e. The summed E-state index contributed by atoms with van der Waals surface area (Å²) in [5.74, 6) is 0.539. The van der Waals surface area contributed by atoms with Crippen LogP contribution in [0.5, 0.6) is 0 Å². The number of esters is 1. The number of ether oxygens (including phenoxy) is 2. The van der Waals surface area contributed by atoms with E-state index in [0.29, 0.717) is 6.61 Å². The van der Waals surface area contributed by atoms with E-state index in [1.54, 1.807) is 6.92 Å². The molecule has 0 aromatic heterocycles. The quantitative estimate of drug-likeness (QED) is 0.612. The van der Waals surface area contributed by atoms with Crippen molar-refractivity contribution in [2.75, 3.05) is 13.3 Å². The van der Waals surface area contributed by atoms with E-state index in [2.05, 4.69) is 5.32 Å². The van der Waals surface area contributed by atoms with Crippen molar-refractivity contribution >= 4 is 12.1 Å². The molecule has 0 spiro atoms. The van der Waals surface area contributed by atoms with Crippen molar-refractivity contribution in [1.82, 2.24) is 10.4 Å². The summed E-state index contributed by atoms with van der Waals surface area (Å²) in [5, 5.41) is 4.39. The lowest BCUT2D eigenvalue weighted by atomic mass is 9.84. The van der Waals surface area contributed by atoms with Gasteiger partial charge in [-0.3, -0.25) is 10.1 Å². The van der Waals surface area contributed by atoms with Gasteiger partial charge in [-0.2, -0.15) is 5.06 Å². The number of nitrogens with zero attached hydrogens (tertiary/aromatic N) is 1. The fourth-order valence-corrected chi connectivity index (χ4v) is 4.04. The van der Waals surface area contributed by atoms with Crippen LogP contribution in [0.1, 0.15) is 85.5 Å². The molecular weight excluding hydrogens is 360 g/mol. The number of hydrogen-bond acceptors (Lipinski definition) is 6. The zero-order valence-electron chi connectivity index (χ0n) is 18.0. The number of carbonyl (C=O) groups excluding carboxylic acids is 2. The van der Waals surface area contributed by atoms with Crippen molar-refractivity contribution in [2.45, 2.75) is 97.3 Å². The first-order valence-corrected chi connectivity index (χ1v) is 10.8. The van der Waals surface area contributed by atoms with Crippen LogP contribution in [0.4, 0.5) is 4.79 Å². The van der Waals surface area contributed by atoms with Crippen LogP contribution in [-0.4, -0.2) is 42.2 Å². The molecule has 28 heavy (non-hydrogen) atoms. The van der Waals surface area contributed by atoms with E-state index < -0.39 is 11.7 Å². The van der Waals surface area contributed by atoms with Crippen molar-refractivity contribution in [3.05, 3.63) is 0 Å². The van der Waals surface area contributed by atoms with E-state index in [1.807, 2.05) is 20.8 Å². The van der Waals surface area contributed by atoms with Crippen molar-refractivity contribution in [1.29, 1.82) is 0 Å². The highest BCUT2D eigenvalue weighted by Gasteiger charge is 2.35. The Labute approximate surface area is 169 Å². The molecule has 0 aromatic carbocycles. The fraction of sp³-hybridized carbons (Fsp3) is 0.905. The molecule has 0 bridgehead atoms. The summed E-state index contributed by atoms with van der Waals surface area (Å²) in [7, 11) is 0. The Morgan fingerprint density at radius 1 is 1.21 bits per heavy atom. The Morgan fingerprint density at radius 3 is 2.57 bits per heavy atom. The third-order valence-electron chi connectivity index (χ3n) is 5.34. The first-order chi connectivity index (χ1) is 13.3. The lowest BCUT2D eigenvalue weighted by Crippen LogP contribution is -2.35. The lowest BCUT2D eigenvalue weighted by Gasteiger charge is -2.26. The molecule has 0 aromatic rings. The first kappa shape index (κ1) is 22.9. The van der Waals surface area contributed by atoms with Gasteiger partial charge in [-0.25, -0.2) is 9.63 Å². The predicted octanol–water partition coefficient (Wildman–Crippen LogP) is 4.36. The smallest absolute Gasteiger partial charge is 0.435 e. The normalized spacial score (nSPS) is 22.1. The van der Waals surface area contributed by atoms with E-state index in [9.17, 15) is 9.59 Å². The Balaban J connectivity index is 1.89. The maximum atomic E-state index is 12.4. The summed E-state index contributed by atoms with van der Waals surface area (Å²) in [6, 6.07) is 0. The van der Waals surface area contributed by atoms with Gasteiger partial charge < -0.3 is 9.47 Å². The molecule has 7 heteroatoms. The molecule has 2 aliphatic rings. The topological polar surface area (TPSA) is 77.1 Å². The van der Waals surface area contributed by atoms with Gasteiger partial charge in [0.25, 0.3) is 0 Å². The van der Waals surface area contributed by atoms with Crippen molar-refractivity contribution in [3.8, 4) is 0 Å². The van der Waals surface area contributed by atoms with Crippen LogP contribution in [-0.2, 0) is 19.1 Å². The minimum atomic E-state index is -0.509. The van der Waals surface area contributed by atoms with Crippen molar-refractivity contribution in [3.63, 3.8) is 0 Å². The zero-order chi connectivity index (χ0) is 20.6. The van der Waals surface area contributed by atoms with Crippen LogP contribution in [0.2, 0.25) is 0 Å². The predicted molar refractivity (Wildman–Crippen MR) is 106 cm³/mol. The van der Waals surface area contributed by atoms with E-state index >= 15 is 0 Å². The average Bonchev–Trinajstić information content (AvgIpc) is 3.10. The Hall–Kier alpha value is -1.34. The molecule has 1 aliphatic heterocycles. The van der Waals surface area contributed by atoms with E-state index in [0.717, 1.165) is 18.8 Å². The van der Waals surface area contributed by atoms with Crippen LogP contribution in [0.3, 0.4) is 0 Å². The summed E-state index contributed by atoms with van der Waals surface area (Å²) < 4.78 is 10.5. The highest BCUT2D eigenvalue weighted by atomic mass is 16.8. The Bertz CT molecular complexity index is 500. The van der Waals surface area contributed by atoms with Gasteiger partial charge in [0, 0.05) is 5.92 Å². The summed E-state index contributed by atoms with van der Waals surface area (Å²) in [4.78, 5) is 30.0. The number of hydroxylamine groups is 2. The molecule has 1 N–H and O–H groups in total. The van der Waals surface area contributed by atoms with Gasteiger partial charge in [0.05, 0.1) is 13.0 Å². The third-order valence-corrected chi connectivity index (χ3v) is 5.34. The highest BCUT2D eigenvalue weighted by molar-refractivity contribution is 5.70. The second-order valence-corrected chi connectivity index (χ2v) is 8.95. The van der Waals surface area contributed by atoms with E-state index in [4.69, 9.17) is 14.3 Å². The standard InChI is InChI=1S/C21H38N2O5/c1-5-26-20(25)23-15-22-19(28-23)17(14-18(24)27-21(2,3)4)13-9-12-16-10-7-6-8-11-16/h16-17,19,22H,5-15H2,1-4H3/t17-,19?/m1/s1. The summed E-state index contributed by atoms with van der Waals surface area (Å²) in [5.41, 5.74) is -0.509. The minimum absolute atomic E-state index is 0.0436.